The Bertz CT molecular complexity index is 406. The summed E-state index contributed by atoms with van der Waals surface area (Å²) in [6, 6.07) is 7.15. The van der Waals surface area contributed by atoms with Crippen LogP contribution < -0.4 is 5.32 Å². The van der Waals surface area contributed by atoms with Gasteiger partial charge in [-0.15, -0.1) is 0 Å². The molecule has 1 aromatic heterocycles. The fourth-order valence-corrected chi connectivity index (χ4v) is 1.23. The highest BCUT2D eigenvalue weighted by atomic mass is 16.5. The molecule has 0 aliphatic carbocycles. The molecule has 1 fully saturated rings. The number of carbonyl (C=O) groups is 1. The maximum absolute atomic E-state index is 11.7. The van der Waals surface area contributed by atoms with Crippen LogP contribution in [-0.2, 0) is 9.53 Å². The molecule has 5 nitrogen and oxygen atoms in total. The lowest BCUT2D eigenvalue weighted by Crippen LogP contribution is -2.50. The summed E-state index contributed by atoms with van der Waals surface area (Å²) in [4.78, 5) is 15.6. The van der Waals surface area contributed by atoms with Crippen molar-refractivity contribution in [3.63, 3.8) is 0 Å². The summed E-state index contributed by atoms with van der Waals surface area (Å²) in [7, 11) is 0. The summed E-state index contributed by atoms with van der Waals surface area (Å²) in [5, 5.41) is 11.5. The average molecular weight is 203 g/mol. The molecule has 0 spiro atoms. The van der Waals surface area contributed by atoms with E-state index in [2.05, 4.69) is 10.3 Å². The first-order valence-corrected chi connectivity index (χ1v) is 4.48. The number of nitrogens with one attached hydrogen (secondary N) is 1. The van der Waals surface area contributed by atoms with E-state index in [-0.39, 0.29) is 19.1 Å². The maximum Gasteiger partial charge on any atom is 0.250 e. The van der Waals surface area contributed by atoms with Crippen LogP contribution in [-0.4, -0.2) is 24.1 Å². The standard InChI is InChI=1S/C10H9N3O2/c11-5-10(6-15-7-10)9(14)13-8-3-1-2-4-12-8/h1-4H,6-7H2,(H,12,13,14). The number of rotatable bonds is 2. The van der Waals surface area contributed by atoms with Gasteiger partial charge in [0.15, 0.2) is 5.41 Å². The number of amides is 1. The number of nitrogens with zero attached hydrogens (tertiary/aromatic N) is 2. The minimum absolute atomic E-state index is 0.155. The second-order valence-electron chi connectivity index (χ2n) is 3.36. The predicted octanol–water partition coefficient (Wildman–Crippen LogP) is 0.560. The lowest BCUT2D eigenvalue weighted by Gasteiger charge is -2.32. The van der Waals surface area contributed by atoms with Crippen LogP contribution in [0.5, 0.6) is 0 Å². The van der Waals surface area contributed by atoms with Gasteiger partial charge < -0.3 is 10.1 Å². The zero-order valence-electron chi connectivity index (χ0n) is 7.93. The Morgan fingerprint density at radius 2 is 2.40 bits per heavy atom. The second-order valence-corrected chi connectivity index (χ2v) is 3.36. The third kappa shape index (κ3) is 1.67. The molecule has 0 saturated carbocycles. The van der Waals surface area contributed by atoms with Gasteiger partial charge >= 0.3 is 0 Å². The van der Waals surface area contributed by atoms with E-state index in [0.29, 0.717) is 5.82 Å². The van der Waals surface area contributed by atoms with Crippen LogP contribution in [0.25, 0.3) is 0 Å². The highest BCUT2D eigenvalue weighted by Gasteiger charge is 2.46. The molecule has 5 heteroatoms. The van der Waals surface area contributed by atoms with Crippen molar-refractivity contribution in [1.82, 2.24) is 4.98 Å². The Hall–Kier alpha value is -1.93. The summed E-state index contributed by atoms with van der Waals surface area (Å²) in [5.74, 6) is 0.0963. The molecule has 1 aliphatic rings. The number of carbonyl (C=O) groups excluding carboxylic acids is 1. The van der Waals surface area contributed by atoms with Gasteiger partial charge in [-0.25, -0.2) is 4.98 Å². The molecule has 0 aromatic carbocycles. The van der Waals surface area contributed by atoms with Gasteiger partial charge in [-0.1, -0.05) is 6.07 Å². The Balaban J connectivity index is 2.08. The van der Waals surface area contributed by atoms with Gasteiger partial charge in [-0.2, -0.15) is 5.26 Å². The van der Waals surface area contributed by atoms with E-state index in [4.69, 9.17) is 10.00 Å². The summed E-state index contributed by atoms with van der Waals surface area (Å²) < 4.78 is 4.88. The minimum Gasteiger partial charge on any atom is -0.377 e. The van der Waals surface area contributed by atoms with Crippen LogP contribution in [0.1, 0.15) is 0 Å². The molecular weight excluding hydrogens is 194 g/mol. The van der Waals surface area contributed by atoms with Crippen molar-refractivity contribution in [1.29, 1.82) is 5.26 Å². The van der Waals surface area contributed by atoms with Crippen molar-refractivity contribution >= 4 is 11.7 Å². The largest absolute Gasteiger partial charge is 0.377 e. The first-order chi connectivity index (χ1) is 7.27. The highest BCUT2D eigenvalue weighted by molar-refractivity contribution is 5.97. The fraction of sp³-hybridized carbons (Fsp3) is 0.300. The van der Waals surface area contributed by atoms with Gasteiger partial charge in [0.1, 0.15) is 5.82 Å². The van der Waals surface area contributed by atoms with Crippen LogP contribution in [0.15, 0.2) is 24.4 Å². The first kappa shape index (κ1) is 9.62. The van der Waals surface area contributed by atoms with Gasteiger partial charge in [-0.05, 0) is 12.1 Å². The van der Waals surface area contributed by atoms with Crippen LogP contribution in [0.2, 0.25) is 0 Å². The van der Waals surface area contributed by atoms with E-state index < -0.39 is 5.41 Å². The van der Waals surface area contributed by atoms with Crippen molar-refractivity contribution < 1.29 is 9.53 Å². The fourth-order valence-electron chi connectivity index (χ4n) is 1.23. The minimum atomic E-state index is -1.03. The van der Waals surface area contributed by atoms with E-state index in [0.717, 1.165) is 0 Å². The van der Waals surface area contributed by atoms with E-state index in [1.807, 2.05) is 6.07 Å². The third-order valence-electron chi connectivity index (χ3n) is 2.25. The number of hydrogen-bond acceptors (Lipinski definition) is 4. The summed E-state index contributed by atoms with van der Waals surface area (Å²) >= 11 is 0. The van der Waals surface area contributed by atoms with Crippen LogP contribution >= 0.6 is 0 Å². The average Bonchev–Trinajstić information content (AvgIpc) is 2.18. The van der Waals surface area contributed by atoms with E-state index in [1.54, 1.807) is 24.4 Å². The van der Waals surface area contributed by atoms with Crippen molar-refractivity contribution in [2.24, 2.45) is 5.41 Å². The van der Waals surface area contributed by atoms with Gasteiger partial charge in [0.05, 0.1) is 19.3 Å². The second kappa shape index (κ2) is 3.67. The zero-order valence-corrected chi connectivity index (χ0v) is 7.93. The molecular formula is C10H9N3O2. The Morgan fingerprint density at radius 3 is 2.87 bits per heavy atom. The molecule has 1 aromatic rings. The lowest BCUT2D eigenvalue weighted by atomic mass is 9.87. The van der Waals surface area contributed by atoms with Gasteiger partial charge in [-0.3, -0.25) is 4.79 Å². The molecule has 0 bridgehead atoms. The quantitative estimate of drug-likeness (QED) is 0.762. The molecule has 1 amide bonds. The molecule has 2 rings (SSSR count). The van der Waals surface area contributed by atoms with E-state index >= 15 is 0 Å². The molecule has 0 atom stereocenters. The zero-order chi connectivity index (χ0) is 10.7. The normalized spacial score (nSPS) is 17.3. The predicted molar refractivity (Wildman–Crippen MR) is 51.7 cm³/mol. The topological polar surface area (TPSA) is 75.0 Å². The Morgan fingerprint density at radius 1 is 1.60 bits per heavy atom. The Kier molecular flexibility index (Phi) is 2.35. The number of anilines is 1. The summed E-state index contributed by atoms with van der Waals surface area (Å²) in [5.41, 5.74) is -1.03. The molecule has 76 valence electrons. The molecule has 15 heavy (non-hydrogen) atoms. The monoisotopic (exact) mass is 203 g/mol. The smallest absolute Gasteiger partial charge is 0.250 e. The first-order valence-electron chi connectivity index (χ1n) is 4.48. The molecule has 2 heterocycles. The van der Waals surface area contributed by atoms with Gasteiger partial charge in [0.2, 0.25) is 0 Å². The molecule has 1 aliphatic heterocycles. The maximum atomic E-state index is 11.7. The van der Waals surface area contributed by atoms with Crippen molar-refractivity contribution in [2.75, 3.05) is 18.5 Å². The number of ether oxygens (including phenoxy) is 1. The highest BCUT2D eigenvalue weighted by Crippen LogP contribution is 2.27. The Labute approximate surface area is 86.7 Å². The number of nitriles is 1. The molecule has 1 saturated heterocycles. The third-order valence-corrected chi connectivity index (χ3v) is 2.25. The number of aromatic nitrogens is 1. The SMILES string of the molecule is N#CC1(C(=O)Nc2ccccn2)COC1. The summed E-state index contributed by atoms with van der Waals surface area (Å²) in [6.07, 6.45) is 1.58. The molecule has 0 radical (unpaired) electrons. The van der Waals surface area contributed by atoms with Crippen LogP contribution in [0.4, 0.5) is 5.82 Å². The molecule has 1 N–H and O–H groups in total. The number of pyridine rings is 1. The van der Waals surface area contributed by atoms with E-state index in [1.165, 1.54) is 0 Å². The van der Waals surface area contributed by atoms with Crippen LogP contribution in [0, 0.1) is 16.7 Å². The van der Waals surface area contributed by atoms with Gasteiger partial charge in [0.25, 0.3) is 5.91 Å². The van der Waals surface area contributed by atoms with Crippen molar-refractivity contribution in [2.45, 2.75) is 0 Å². The van der Waals surface area contributed by atoms with Gasteiger partial charge in [0, 0.05) is 6.20 Å². The molecule has 0 unspecified atom stereocenters. The summed E-state index contributed by atoms with van der Waals surface area (Å²) in [6.45, 7) is 0.310. The van der Waals surface area contributed by atoms with E-state index in [9.17, 15) is 4.79 Å². The lowest BCUT2D eigenvalue weighted by molar-refractivity contribution is -0.144. The number of hydrogen-bond donors (Lipinski definition) is 1. The van der Waals surface area contributed by atoms with Crippen molar-refractivity contribution in [3.8, 4) is 6.07 Å². The van der Waals surface area contributed by atoms with Crippen LogP contribution in [0.3, 0.4) is 0 Å². The van der Waals surface area contributed by atoms with Crippen molar-refractivity contribution in [3.05, 3.63) is 24.4 Å².